The smallest absolute Gasteiger partial charge is 0.268 e. The molecule has 0 fully saturated rings. The lowest BCUT2D eigenvalue weighted by atomic mass is 10.3. The molecule has 0 aliphatic rings. The van der Waals surface area contributed by atoms with Crippen LogP contribution >= 0.6 is 0 Å². The molecule has 20 heavy (non-hydrogen) atoms. The van der Waals surface area contributed by atoms with Crippen LogP contribution in [0.4, 0.5) is 24.7 Å². The minimum absolute atomic E-state index is 0.0287. The maximum absolute atomic E-state index is 13.5. The monoisotopic (exact) mass is 306 g/mol. The van der Waals surface area contributed by atoms with Gasteiger partial charge >= 0.3 is 0 Å². The average molecular weight is 306 g/mol. The predicted octanol–water partition coefficient (Wildman–Crippen LogP) is 1.22. The Kier molecular flexibility index (Phi) is 3.34. The number of rotatable bonds is 3. The molecule has 0 atom stereocenters. The molecular weight excluding hydrogens is 297 g/mol. The summed E-state index contributed by atoms with van der Waals surface area (Å²) < 4.78 is 66.6. The molecule has 6 nitrogen and oxygen atoms in total. The van der Waals surface area contributed by atoms with Crippen molar-refractivity contribution in [2.45, 2.75) is 4.90 Å². The van der Waals surface area contributed by atoms with Gasteiger partial charge in [0.1, 0.15) is 17.5 Å². The summed E-state index contributed by atoms with van der Waals surface area (Å²) in [6.07, 6.45) is 1.16. The molecule has 108 valence electrons. The number of halogens is 3. The topological polar surface area (TPSA) is 90.0 Å². The first-order valence-electron chi connectivity index (χ1n) is 5.17. The Morgan fingerprint density at radius 1 is 1.25 bits per heavy atom. The summed E-state index contributed by atoms with van der Waals surface area (Å²) in [7, 11) is -3.23. The van der Waals surface area contributed by atoms with E-state index in [1.807, 2.05) is 4.72 Å². The highest BCUT2D eigenvalue weighted by Gasteiger charge is 2.26. The lowest BCUT2D eigenvalue weighted by Crippen LogP contribution is -2.19. The van der Waals surface area contributed by atoms with Gasteiger partial charge in [-0.25, -0.2) is 21.6 Å². The Morgan fingerprint density at radius 2 is 1.80 bits per heavy atom. The van der Waals surface area contributed by atoms with Crippen LogP contribution in [-0.2, 0) is 17.1 Å². The van der Waals surface area contributed by atoms with Crippen LogP contribution in [-0.4, -0.2) is 18.2 Å². The number of anilines is 2. The number of aromatic nitrogens is 2. The van der Waals surface area contributed by atoms with Gasteiger partial charge < -0.3 is 5.73 Å². The Bertz CT molecular complexity index is 730. The summed E-state index contributed by atoms with van der Waals surface area (Å²) >= 11 is 0. The number of hydrogen-bond donors (Lipinski definition) is 2. The molecule has 0 saturated heterocycles. The summed E-state index contributed by atoms with van der Waals surface area (Å²) in [4.78, 5) is -1.29. The fraction of sp³-hybridized carbons (Fsp3) is 0.100. The lowest BCUT2D eigenvalue weighted by Gasteiger charge is -2.10. The highest BCUT2D eigenvalue weighted by molar-refractivity contribution is 7.92. The second kappa shape index (κ2) is 4.71. The van der Waals surface area contributed by atoms with Gasteiger partial charge in [-0.2, -0.15) is 5.10 Å². The number of hydrogen-bond acceptors (Lipinski definition) is 4. The van der Waals surface area contributed by atoms with Gasteiger partial charge in [0.15, 0.2) is 10.7 Å². The van der Waals surface area contributed by atoms with E-state index >= 15 is 0 Å². The molecule has 0 amide bonds. The number of sulfonamides is 1. The zero-order valence-corrected chi connectivity index (χ0v) is 10.9. The average Bonchev–Trinajstić information content (AvgIpc) is 2.58. The molecule has 0 saturated carbocycles. The van der Waals surface area contributed by atoms with E-state index in [2.05, 4.69) is 5.10 Å². The lowest BCUT2D eigenvalue weighted by molar-refractivity contribution is 0.498. The van der Waals surface area contributed by atoms with E-state index < -0.39 is 32.4 Å². The molecule has 10 heteroatoms. The van der Waals surface area contributed by atoms with Crippen molar-refractivity contribution in [2.24, 2.45) is 7.05 Å². The molecule has 2 rings (SSSR count). The summed E-state index contributed by atoms with van der Waals surface area (Å²) in [5.41, 5.74) is 5.44. The van der Waals surface area contributed by atoms with Gasteiger partial charge in [-0.1, -0.05) is 0 Å². The molecular formula is C10H9F3N4O2S. The van der Waals surface area contributed by atoms with Gasteiger partial charge in [0.2, 0.25) is 0 Å². The van der Waals surface area contributed by atoms with Gasteiger partial charge in [-0.15, -0.1) is 0 Å². The molecule has 2 aromatic rings. The summed E-state index contributed by atoms with van der Waals surface area (Å²) in [6.45, 7) is 0. The molecule has 0 bridgehead atoms. The van der Waals surface area contributed by atoms with Crippen molar-refractivity contribution < 1.29 is 21.6 Å². The van der Waals surface area contributed by atoms with E-state index in [1.165, 1.54) is 7.05 Å². The third kappa shape index (κ3) is 2.41. The Balaban J connectivity index is 2.52. The predicted molar refractivity (Wildman–Crippen MR) is 64.7 cm³/mol. The minimum atomic E-state index is -4.61. The van der Waals surface area contributed by atoms with Gasteiger partial charge in [0.05, 0.1) is 11.9 Å². The molecule has 3 N–H and O–H groups in total. The van der Waals surface area contributed by atoms with Crippen LogP contribution in [0.3, 0.4) is 0 Å². The molecule has 1 aromatic heterocycles. The van der Waals surface area contributed by atoms with Crippen molar-refractivity contribution in [3.63, 3.8) is 0 Å². The van der Waals surface area contributed by atoms with E-state index in [1.54, 1.807) is 0 Å². The number of aryl methyl sites for hydroxylation is 1. The van der Waals surface area contributed by atoms with Crippen LogP contribution in [0.15, 0.2) is 23.2 Å². The Hall–Kier alpha value is -2.23. The zero-order chi connectivity index (χ0) is 15.1. The van der Waals surface area contributed by atoms with Crippen molar-refractivity contribution in [2.75, 3.05) is 10.5 Å². The van der Waals surface area contributed by atoms with Gasteiger partial charge in [0, 0.05) is 19.2 Å². The van der Waals surface area contributed by atoms with Crippen LogP contribution in [0, 0.1) is 17.5 Å². The standard InChI is InChI=1S/C10H9F3N4O2S/c1-17-10(8(14)4-15-17)16-20(18,19)9-6(12)2-5(11)3-7(9)13/h2-4,16H,14H2,1H3. The van der Waals surface area contributed by atoms with E-state index in [4.69, 9.17) is 5.73 Å². The van der Waals surface area contributed by atoms with E-state index in [0.29, 0.717) is 0 Å². The third-order valence-corrected chi connectivity index (χ3v) is 3.82. The van der Waals surface area contributed by atoms with Crippen LogP contribution in [0.5, 0.6) is 0 Å². The summed E-state index contributed by atoms with van der Waals surface area (Å²) in [6, 6.07) is 0.536. The van der Waals surface area contributed by atoms with Crippen molar-refractivity contribution >= 4 is 21.5 Å². The number of benzene rings is 1. The SMILES string of the molecule is Cn1ncc(N)c1NS(=O)(=O)c1c(F)cc(F)cc1F. The first kappa shape index (κ1) is 14.2. The molecule has 0 unspecified atom stereocenters. The van der Waals surface area contributed by atoms with Gasteiger partial charge in [-0.05, 0) is 0 Å². The third-order valence-electron chi connectivity index (χ3n) is 2.43. The van der Waals surface area contributed by atoms with Crippen LogP contribution in [0.1, 0.15) is 0 Å². The maximum Gasteiger partial charge on any atom is 0.268 e. The van der Waals surface area contributed by atoms with Crippen LogP contribution in [0.25, 0.3) is 0 Å². The summed E-state index contributed by atoms with van der Waals surface area (Å²) in [5, 5.41) is 3.67. The van der Waals surface area contributed by atoms with E-state index in [-0.39, 0.29) is 23.6 Å². The number of nitrogens with two attached hydrogens (primary N) is 1. The van der Waals surface area contributed by atoms with Crippen molar-refractivity contribution in [1.82, 2.24) is 9.78 Å². The van der Waals surface area contributed by atoms with Crippen molar-refractivity contribution in [3.05, 3.63) is 35.8 Å². The largest absolute Gasteiger partial charge is 0.394 e. The second-order valence-electron chi connectivity index (χ2n) is 3.88. The highest BCUT2D eigenvalue weighted by Crippen LogP contribution is 2.25. The van der Waals surface area contributed by atoms with Gasteiger partial charge in [-0.3, -0.25) is 9.40 Å². The number of nitrogens with zero attached hydrogens (tertiary/aromatic N) is 2. The summed E-state index contributed by atoms with van der Waals surface area (Å²) in [5.74, 6) is -4.47. The molecule has 0 aliphatic carbocycles. The highest BCUT2D eigenvalue weighted by atomic mass is 32.2. The van der Waals surface area contributed by atoms with Crippen molar-refractivity contribution in [3.8, 4) is 0 Å². The van der Waals surface area contributed by atoms with E-state index in [0.717, 1.165) is 10.9 Å². The minimum Gasteiger partial charge on any atom is -0.394 e. The van der Waals surface area contributed by atoms with Crippen LogP contribution in [0.2, 0.25) is 0 Å². The molecule has 1 aromatic carbocycles. The van der Waals surface area contributed by atoms with Gasteiger partial charge in [0.25, 0.3) is 10.0 Å². The zero-order valence-electron chi connectivity index (χ0n) is 10.1. The molecule has 0 aliphatic heterocycles. The first-order valence-corrected chi connectivity index (χ1v) is 6.65. The fourth-order valence-corrected chi connectivity index (χ4v) is 2.78. The molecule has 1 heterocycles. The van der Waals surface area contributed by atoms with Crippen molar-refractivity contribution in [1.29, 1.82) is 0 Å². The number of nitrogen functional groups attached to an aromatic ring is 1. The molecule has 0 spiro atoms. The molecule has 0 radical (unpaired) electrons. The normalized spacial score (nSPS) is 11.6. The Morgan fingerprint density at radius 3 is 2.25 bits per heavy atom. The Labute approximate surface area is 112 Å². The first-order chi connectivity index (χ1) is 9.22. The number of nitrogens with one attached hydrogen (secondary N) is 1. The quantitative estimate of drug-likeness (QED) is 0.892. The van der Waals surface area contributed by atoms with E-state index in [9.17, 15) is 21.6 Å². The second-order valence-corrected chi connectivity index (χ2v) is 5.50. The fourth-order valence-electron chi connectivity index (χ4n) is 1.54. The van der Waals surface area contributed by atoms with Crippen LogP contribution < -0.4 is 10.5 Å². The maximum atomic E-state index is 13.5.